The maximum absolute atomic E-state index is 11.9. The highest BCUT2D eigenvalue weighted by Gasteiger charge is 2.24. The van der Waals surface area contributed by atoms with Crippen LogP contribution in [0.3, 0.4) is 0 Å². The van der Waals surface area contributed by atoms with Gasteiger partial charge in [0, 0.05) is 12.3 Å². The molecule has 0 spiro atoms. The monoisotopic (exact) mass is 354 g/mol. The van der Waals surface area contributed by atoms with Gasteiger partial charge in [0.2, 0.25) is 0 Å². The summed E-state index contributed by atoms with van der Waals surface area (Å²) < 4.78 is 5.90. The molecular formula is C22H26O2S. The van der Waals surface area contributed by atoms with Crippen molar-refractivity contribution in [1.29, 1.82) is 0 Å². The van der Waals surface area contributed by atoms with E-state index in [1.165, 1.54) is 11.1 Å². The molecule has 0 N–H and O–H groups in total. The van der Waals surface area contributed by atoms with E-state index in [0.717, 1.165) is 42.7 Å². The second-order valence-corrected chi connectivity index (χ2v) is 7.71. The fourth-order valence-corrected chi connectivity index (χ4v) is 3.95. The van der Waals surface area contributed by atoms with Gasteiger partial charge >= 0.3 is 0 Å². The predicted octanol–water partition coefficient (Wildman–Crippen LogP) is 5.46. The predicted molar refractivity (Wildman–Crippen MR) is 107 cm³/mol. The van der Waals surface area contributed by atoms with Gasteiger partial charge in [0.15, 0.2) is 11.9 Å². The molecule has 0 radical (unpaired) electrons. The number of ketones is 1. The fourth-order valence-electron chi connectivity index (χ4n) is 3.46. The number of hydrogen-bond donors (Lipinski definition) is 0. The van der Waals surface area contributed by atoms with Crippen LogP contribution < -0.4 is 4.74 Å². The molecule has 0 amide bonds. The number of benzene rings is 1. The van der Waals surface area contributed by atoms with Gasteiger partial charge in [-0.3, -0.25) is 4.79 Å². The van der Waals surface area contributed by atoms with Crippen LogP contribution in [0.1, 0.15) is 37.7 Å². The van der Waals surface area contributed by atoms with E-state index in [0.29, 0.717) is 12.3 Å². The maximum atomic E-state index is 11.9. The molecule has 2 aliphatic carbocycles. The van der Waals surface area contributed by atoms with Crippen LogP contribution in [-0.4, -0.2) is 23.9 Å². The molecule has 2 unspecified atom stereocenters. The molecule has 2 atom stereocenters. The second-order valence-electron chi connectivity index (χ2n) is 6.72. The van der Waals surface area contributed by atoms with E-state index < -0.39 is 0 Å². The van der Waals surface area contributed by atoms with E-state index in [9.17, 15) is 4.79 Å². The van der Waals surface area contributed by atoms with Crippen LogP contribution in [0.5, 0.6) is 5.75 Å². The number of Topliss-reactive ketones (excluding diaryl/α,β-unsaturated/α-hetero) is 1. The maximum Gasteiger partial charge on any atom is 0.173 e. The number of carbonyl (C=O) groups is 1. The smallest absolute Gasteiger partial charge is 0.173 e. The first kappa shape index (κ1) is 18.1. The van der Waals surface area contributed by atoms with Crippen LogP contribution in [0.25, 0.3) is 5.57 Å². The lowest BCUT2D eigenvalue weighted by Crippen LogP contribution is -2.30. The Morgan fingerprint density at radius 2 is 2.04 bits per heavy atom. The number of ether oxygens (including phenoxy) is 1. The minimum absolute atomic E-state index is 0.237. The quantitative estimate of drug-likeness (QED) is 0.679. The molecule has 0 saturated heterocycles. The van der Waals surface area contributed by atoms with E-state index in [1.54, 1.807) is 0 Å². The van der Waals surface area contributed by atoms with Gasteiger partial charge in [-0.1, -0.05) is 36.9 Å². The minimum atomic E-state index is -0.262. The van der Waals surface area contributed by atoms with Crippen LogP contribution in [0.4, 0.5) is 0 Å². The Balaban J connectivity index is 1.67. The largest absolute Gasteiger partial charge is 0.483 e. The van der Waals surface area contributed by atoms with Gasteiger partial charge in [0.1, 0.15) is 5.75 Å². The molecule has 25 heavy (non-hydrogen) atoms. The lowest BCUT2D eigenvalue weighted by molar-refractivity contribution is -0.127. The van der Waals surface area contributed by atoms with Crippen molar-refractivity contribution in [2.45, 2.75) is 38.2 Å². The van der Waals surface area contributed by atoms with Crippen molar-refractivity contribution >= 4 is 23.1 Å². The molecule has 0 aliphatic heterocycles. The van der Waals surface area contributed by atoms with Gasteiger partial charge in [-0.25, -0.2) is 0 Å². The molecule has 0 bridgehead atoms. The Morgan fingerprint density at radius 3 is 2.76 bits per heavy atom. The normalized spacial score (nSPS) is 23.5. The highest BCUT2D eigenvalue weighted by Crippen LogP contribution is 2.34. The van der Waals surface area contributed by atoms with E-state index in [1.807, 2.05) is 23.9 Å². The second kappa shape index (κ2) is 8.57. The van der Waals surface area contributed by atoms with Gasteiger partial charge in [-0.05, 0) is 66.5 Å². The Kier molecular flexibility index (Phi) is 6.19. The van der Waals surface area contributed by atoms with Gasteiger partial charge in [-0.15, -0.1) is 0 Å². The molecule has 1 aromatic rings. The van der Waals surface area contributed by atoms with Crippen molar-refractivity contribution in [3.05, 3.63) is 60.2 Å². The third-order valence-electron chi connectivity index (χ3n) is 4.98. The minimum Gasteiger partial charge on any atom is -0.483 e. The zero-order valence-corrected chi connectivity index (χ0v) is 15.7. The standard InChI is InChI=1S/C22H26O2S/c1-16-17(14-15-25-2)6-5-7-20(16)18-10-12-19(13-11-18)24-22-9-4-3-8-21(22)23/h5-7,10-13,17,22H,1,3-4,8-9,14-15H2,2H3. The summed E-state index contributed by atoms with van der Waals surface area (Å²) in [4.78, 5) is 11.9. The molecular weight excluding hydrogens is 328 g/mol. The van der Waals surface area contributed by atoms with E-state index in [-0.39, 0.29) is 11.9 Å². The van der Waals surface area contributed by atoms with Crippen LogP contribution >= 0.6 is 11.8 Å². The molecule has 0 heterocycles. The number of hydrogen-bond acceptors (Lipinski definition) is 3. The number of carbonyl (C=O) groups excluding carboxylic acids is 1. The van der Waals surface area contributed by atoms with Gasteiger partial charge < -0.3 is 4.74 Å². The molecule has 0 aromatic heterocycles. The summed E-state index contributed by atoms with van der Waals surface area (Å²) >= 11 is 1.87. The summed E-state index contributed by atoms with van der Waals surface area (Å²) in [6, 6.07) is 8.09. The lowest BCUT2D eigenvalue weighted by Gasteiger charge is -2.23. The van der Waals surface area contributed by atoms with Crippen molar-refractivity contribution < 1.29 is 9.53 Å². The van der Waals surface area contributed by atoms with Gasteiger partial charge in [-0.2, -0.15) is 11.8 Å². The summed E-state index contributed by atoms with van der Waals surface area (Å²) in [6.07, 6.45) is 13.1. The summed E-state index contributed by atoms with van der Waals surface area (Å²) in [6.45, 7) is 4.33. The first-order valence-electron chi connectivity index (χ1n) is 9.05. The third kappa shape index (κ3) is 4.46. The van der Waals surface area contributed by atoms with Gasteiger partial charge in [0.25, 0.3) is 0 Å². The summed E-state index contributed by atoms with van der Waals surface area (Å²) in [5.74, 6) is 2.58. The van der Waals surface area contributed by atoms with Crippen LogP contribution in [0.15, 0.2) is 54.6 Å². The molecule has 1 aromatic carbocycles. The highest BCUT2D eigenvalue weighted by atomic mass is 32.2. The highest BCUT2D eigenvalue weighted by molar-refractivity contribution is 7.98. The van der Waals surface area contributed by atoms with E-state index >= 15 is 0 Å². The average molecular weight is 355 g/mol. The Hall–Kier alpha value is -1.74. The van der Waals surface area contributed by atoms with Crippen molar-refractivity contribution in [2.24, 2.45) is 5.92 Å². The first-order chi connectivity index (χ1) is 12.2. The number of thioether (sulfide) groups is 1. The molecule has 1 fully saturated rings. The summed E-state index contributed by atoms with van der Waals surface area (Å²) in [5.41, 5.74) is 3.55. The van der Waals surface area contributed by atoms with Crippen LogP contribution in [0, 0.1) is 5.92 Å². The molecule has 132 valence electrons. The van der Waals surface area contributed by atoms with Gasteiger partial charge in [0.05, 0.1) is 0 Å². The SMILES string of the molecule is C=C1C(c2ccc(OC3CCCCC3=O)cc2)=CC=CC1CCSC. The van der Waals surface area contributed by atoms with Crippen molar-refractivity contribution in [3.63, 3.8) is 0 Å². The summed E-state index contributed by atoms with van der Waals surface area (Å²) in [5, 5.41) is 0. The van der Waals surface area contributed by atoms with Crippen LogP contribution in [-0.2, 0) is 4.79 Å². The molecule has 2 aliphatic rings. The fraction of sp³-hybridized carbons (Fsp3) is 0.409. The van der Waals surface area contributed by atoms with Crippen molar-refractivity contribution in [1.82, 2.24) is 0 Å². The number of rotatable bonds is 6. The lowest BCUT2D eigenvalue weighted by atomic mass is 9.84. The zero-order chi connectivity index (χ0) is 17.6. The van der Waals surface area contributed by atoms with E-state index in [4.69, 9.17) is 4.74 Å². The Bertz CT molecular complexity index is 684. The van der Waals surface area contributed by atoms with Crippen molar-refractivity contribution in [2.75, 3.05) is 12.0 Å². The zero-order valence-electron chi connectivity index (χ0n) is 14.9. The van der Waals surface area contributed by atoms with Crippen molar-refractivity contribution in [3.8, 4) is 5.75 Å². The first-order valence-corrected chi connectivity index (χ1v) is 10.4. The topological polar surface area (TPSA) is 26.3 Å². The summed E-state index contributed by atoms with van der Waals surface area (Å²) in [7, 11) is 0. The number of allylic oxidation sites excluding steroid dienone is 5. The molecule has 1 saturated carbocycles. The van der Waals surface area contributed by atoms with Crippen LogP contribution in [0.2, 0.25) is 0 Å². The molecule has 3 heteroatoms. The Morgan fingerprint density at radius 1 is 1.24 bits per heavy atom. The van der Waals surface area contributed by atoms with E-state index in [2.05, 4.69) is 43.2 Å². The third-order valence-corrected chi connectivity index (χ3v) is 5.62. The Labute approximate surface area is 155 Å². The average Bonchev–Trinajstić information content (AvgIpc) is 2.64. The molecule has 2 nitrogen and oxygen atoms in total. The molecule has 3 rings (SSSR count).